The Balaban J connectivity index is 0.983. The first kappa shape index (κ1) is 35.3. The Labute approximate surface area is 311 Å². The van der Waals surface area contributed by atoms with Crippen molar-refractivity contribution < 1.29 is 24.1 Å². The van der Waals surface area contributed by atoms with Crippen molar-refractivity contribution in [2.24, 2.45) is 0 Å². The number of anilines is 1. The quantitative estimate of drug-likeness (QED) is 0.122. The lowest BCUT2D eigenvalue weighted by atomic mass is 9.99. The van der Waals surface area contributed by atoms with Crippen LogP contribution in [0.5, 0.6) is 11.5 Å². The van der Waals surface area contributed by atoms with Gasteiger partial charge in [-0.25, -0.2) is 9.78 Å². The molecule has 1 aromatic heterocycles. The van der Waals surface area contributed by atoms with Crippen LogP contribution in [0.15, 0.2) is 134 Å². The summed E-state index contributed by atoms with van der Waals surface area (Å²) >= 11 is 12.5. The van der Waals surface area contributed by atoms with Crippen molar-refractivity contribution in [2.75, 3.05) is 5.32 Å². The Morgan fingerprint density at radius 2 is 1.54 bits per heavy atom. The first-order chi connectivity index (χ1) is 25.4. The topological polar surface area (TPSA) is 107 Å². The second-order valence-electron chi connectivity index (χ2n) is 12.4. The largest absolute Gasteiger partial charge is 0.457 e. The molecular weight excluding hydrogens is 699 g/mol. The zero-order valence-electron chi connectivity index (χ0n) is 28.0. The molecule has 7 rings (SSSR count). The van der Waals surface area contributed by atoms with Crippen LogP contribution >= 0.6 is 23.2 Å². The Morgan fingerprint density at radius 1 is 0.808 bits per heavy atom. The number of ether oxygens (including phenoxy) is 3. The lowest BCUT2D eigenvalue weighted by Crippen LogP contribution is -2.32. The van der Waals surface area contributed by atoms with Gasteiger partial charge in [-0.2, -0.15) is 0 Å². The number of nitrogens with zero attached hydrogens (tertiary/aromatic N) is 2. The van der Waals surface area contributed by atoms with Gasteiger partial charge in [0.15, 0.2) is 11.4 Å². The molecule has 3 N–H and O–H groups in total. The van der Waals surface area contributed by atoms with Crippen LogP contribution in [0.3, 0.4) is 0 Å². The minimum Gasteiger partial charge on any atom is -0.457 e. The summed E-state index contributed by atoms with van der Waals surface area (Å²) in [6, 6.07) is 40.3. The number of aromatic nitrogens is 2. The summed E-state index contributed by atoms with van der Waals surface area (Å²) in [6.07, 6.45) is 1.08. The maximum atomic E-state index is 12.7. The van der Waals surface area contributed by atoms with Crippen molar-refractivity contribution in [1.82, 2.24) is 14.9 Å². The standard InChI is InChI=1S/C41H36Cl2N4O5/c42-38-39(43)47(26-45-38)24-36-22-37(30-11-9-27(25-48)10-12-30)52-40(51-36)31-15-13-29(14-16-31)32-6-4-5-28(21-32)23-44-41(49)46-33-17-19-35(20-18-33)50-34-7-2-1-3-8-34/h1-21,26,36-37,40,48H,22-25H2,(H2,44,46,49)/t36-,37+,40+/m1/s1. The maximum Gasteiger partial charge on any atom is 0.319 e. The predicted octanol–water partition coefficient (Wildman–Crippen LogP) is 9.71. The highest BCUT2D eigenvalue weighted by Gasteiger charge is 2.33. The van der Waals surface area contributed by atoms with Crippen LogP contribution in [0.4, 0.5) is 10.5 Å². The van der Waals surface area contributed by atoms with Crippen molar-refractivity contribution in [3.8, 4) is 22.6 Å². The van der Waals surface area contributed by atoms with E-state index in [4.69, 9.17) is 37.4 Å². The van der Waals surface area contributed by atoms with Gasteiger partial charge < -0.3 is 34.5 Å². The fourth-order valence-electron chi connectivity index (χ4n) is 6.00. The number of nitrogens with one attached hydrogen (secondary N) is 2. The van der Waals surface area contributed by atoms with Gasteiger partial charge in [-0.15, -0.1) is 0 Å². The van der Waals surface area contributed by atoms with Gasteiger partial charge in [0.05, 0.1) is 31.7 Å². The molecule has 0 bridgehead atoms. The first-order valence-corrected chi connectivity index (χ1v) is 17.6. The molecule has 1 aliphatic heterocycles. The number of aliphatic hydroxyl groups excluding tert-OH is 1. The van der Waals surface area contributed by atoms with E-state index in [1.807, 2.05) is 109 Å². The second kappa shape index (κ2) is 16.5. The van der Waals surface area contributed by atoms with Gasteiger partial charge >= 0.3 is 6.03 Å². The molecule has 0 aliphatic carbocycles. The maximum absolute atomic E-state index is 12.7. The number of hydrogen-bond donors (Lipinski definition) is 3. The van der Waals surface area contributed by atoms with Crippen molar-refractivity contribution >= 4 is 34.9 Å². The van der Waals surface area contributed by atoms with Gasteiger partial charge in [0.1, 0.15) is 16.7 Å². The summed E-state index contributed by atoms with van der Waals surface area (Å²) in [5, 5.41) is 15.9. The molecule has 0 unspecified atom stereocenters. The van der Waals surface area contributed by atoms with Crippen LogP contribution in [0.2, 0.25) is 10.3 Å². The van der Waals surface area contributed by atoms with E-state index in [0.29, 0.717) is 36.1 Å². The average molecular weight is 736 g/mol. The number of para-hydroxylation sites is 1. The number of rotatable bonds is 11. The second-order valence-corrected chi connectivity index (χ2v) is 13.1. The molecule has 5 aromatic carbocycles. The van der Waals surface area contributed by atoms with Gasteiger partial charge in [0, 0.05) is 24.2 Å². The number of imidazole rings is 1. The van der Waals surface area contributed by atoms with Gasteiger partial charge in [0.2, 0.25) is 0 Å². The molecule has 3 atom stereocenters. The van der Waals surface area contributed by atoms with Crippen LogP contribution in [0, 0.1) is 0 Å². The summed E-state index contributed by atoms with van der Waals surface area (Å²) in [6.45, 7) is 0.782. The third kappa shape index (κ3) is 8.82. The van der Waals surface area contributed by atoms with Gasteiger partial charge in [-0.3, -0.25) is 0 Å². The van der Waals surface area contributed by atoms with Gasteiger partial charge in [0.25, 0.3) is 0 Å². The summed E-state index contributed by atoms with van der Waals surface area (Å²) in [5.74, 6) is 1.43. The van der Waals surface area contributed by atoms with Crippen molar-refractivity contribution in [2.45, 2.75) is 44.6 Å². The molecule has 0 saturated carbocycles. The van der Waals surface area contributed by atoms with E-state index in [1.54, 1.807) is 23.0 Å². The van der Waals surface area contributed by atoms with Crippen LogP contribution in [-0.2, 0) is 29.2 Å². The molecule has 52 heavy (non-hydrogen) atoms. The van der Waals surface area contributed by atoms with Crippen molar-refractivity contribution in [1.29, 1.82) is 0 Å². The van der Waals surface area contributed by atoms with E-state index >= 15 is 0 Å². The Hall–Kier alpha value is -5.16. The number of hydrogen-bond acceptors (Lipinski definition) is 6. The number of urea groups is 1. The fourth-order valence-corrected chi connectivity index (χ4v) is 6.32. The van der Waals surface area contributed by atoms with Crippen LogP contribution < -0.4 is 15.4 Å². The molecule has 2 amide bonds. The Morgan fingerprint density at radius 3 is 2.25 bits per heavy atom. The average Bonchev–Trinajstić information content (AvgIpc) is 3.50. The lowest BCUT2D eigenvalue weighted by Gasteiger charge is -2.36. The monoisotopic (exact) mass is 734 g/mol. The molecule has 0 radical (unpaired) electrons. The van der Waals surface area contributed by atoms with E-state index in [9.17, 15) is 9.90 Å². The summed E-state index contributed by atoms with van der Waals surface area (Å²) < 4.78 is 20.6. The highest BCUT2D eigenvalue weighted by Crippen LogP contribution is 2.39. The van der Waals surface area contributed by atoms with Crippen molar-refractivity contribution in [3.63, 3.8) is 0 Å². The number of benzene rings is 5. The van der Waals surface area contributed by atoms with Crippen LogP contribution in [0.1, 0.15) is 41.1 Å². The third-order valence-electron chi connectivity index (χ3n) is 8.74. The van der Waals surface area contributed by atoms with Crippen LogP contribution in [-0.4, -0.2) is 26.8 Å². The summed E-state index contributed by atoms with van der Waals surface area (Å²) in [5.41, 5.74) is 6.33. The molecule has 1 aliphatic rings. The third-order valence-corrected chi connectivity index (χ3v) is 9.50. The number of carbonyl (C=O) groups excluding carboxylic acids is 1. The summed E-state index contributed by atoms with van der Waals surface area (Å²) in [4.78, 5) is 16.8. The van der Waals surface area contributed by atoms with Gasteiger partial charge in [-0.1, -0.05) is 108 Å². The molecular formula is C41H36Cl2N4O5. The normalized spacial score (nSPS) is 17.0. The number of aliphatic hydroxyl groups is 1. The fraction of sp³-hybridized carbons (Fsp3) is 0.171. The first-order valence-electron chi connectivity index (χ1n) is 16.8. The molecule has 0 spiro atoms. The van der Waals surface area contributed by atoms with Crippen molar-refractivity contribution in [3.05, 3.63) is 166 Å². The highest BCUT2D eigenvalue weighted by atomic mass is 35.5. The number of halogens is 2. The lowest BCUT2D eigenvalue weighted by molar-refractivity contribution is -0.252. The molecule has 1 fully saturated rings. The zero-order valence-corrected chi connectivity index (χ0v) is 29.5. The minimum absolute atomic E-state index is 0.0250. The van der Waals surface area contributed by atoms with E-state index in [1.165, 1.54) is 0 Å². The Bertz CT molecular complexity index is 2090. The summed E-state index contributed by atoms with van der Waals surface area (Å²) in [7, 11) is 0. The molecule has 9 nitrogen and oxygen atoms in total. The minimum atomic E-state index is -0.630. The number of amides is 2. The van der Waals surface area contributed by atoms with E-state index in [0.717, 1.165) is 39.1 Å². The van der Waals surface area contributed by atoms with Crippen LogP contribution in [0.25, 0.3) is 11.1 Å². The predicted molar refractivity (Wildman–Crippen MR) is 201 cm³/mol. The zero-order chi connectivity index (χ0) is 35.9. The van der Waals surface area contributed by atoms with E-state index in [2.05, 4.69) is 21.7 Å². The number of carbonyl (C=O) groups is 1. The highest BCUT2D eigenvalue weighted by molar-refractivity contribution is 6.40. The molecule has 264 valence electrons. The molecule has 1 saturated heterocycles. The smallest absolute Gasteiger partial charge is 0.319 e. The van der Waals surface area contributed by atoms with Gasteiger partial charge in [-0.05, 0) is 70.3 Å². The van der Waals surface area contributed by atoms with E-state index in [-0.39, 0.29) is 30.0 Å². The van der Waals surface area contributed by atoms with E-state index < -0.39 is 6.29 Å². The molecule has 2 heterocycles. The SMILES string of the molecule is O=C(NCc1cccc(-c2ccc([C@H]3O[C@@H](Cn4cnc(Cl)c4Cl)C[C@@H](c4ccc(CO)cc4)O3)cc2)c1)Nc1ccc(Oc2ccccc2)cc1. The Kier molecular flexibility index (Phi) is 11.2. The molecule has 6 aromatic rings. The molecule has 11 heteroatoms.